The van der Waals surface area contributed by atoms with Crippen LogP contribution in [-0.2, 0) is 0 Å². The number of fused-ring (bicyclic) bond motifs is 1. The Kier molecular flexibility index (Phi) is 1.22. The number of pyridine rings is 1. The van der Waals surface area contributed by atoms with Crippen LogP contribution in [0, 0.1) is 13.8 Å². The van der Waals surface area contributed by atoms with Crippen LogP contribution in [0.3, 0.4) is 0 Å². The zero-order valence-corrected chi connectivity index (χ0v) is 6.70. The van der Waals surface area contributed by atoms with Gasteiger partial charge in [0.15, 0.2) is 0 Å². The highest BCUT2D eigenvalue weighted by molar-refractivity contribution is 5.49. The summed E-state index contributed by atoms with van der Waals surface area (Å²) in [5.41, 5.74) is 3.76. The Balaban J connectivity index is 2.86. The average Bonchev–Trinajstić information content (AvgIpc) is 2.36. The molecule has 2 nitrogen and oxygen atoms in total. The van der Waals surface area contributed by atoms with Gasteiger partial charge in [-0.15, -0.1) is 0 Å². The first-order valence-electron chi connectivity index (χ1n) is 3.68. The predicted octanol–water partition coefficient (Wildman–Crippen LogP) is 1.95. The van der Waals surface area contributed by atoms with Gasteiger partial charge < -0.3 is 0 Å². The molecule has 2 heterocycles. The van der Waals surface area contributed by atoms with Crippen LogP contribution in [-0.4, -0.2) is 9.61 Å². The van der Waals surface area contributed by atoms with E-state index in [2.05, 4.69) is 25.0 Å². The van der Waals surface area contributed by atoms with Crippen LogP contribution in [0.4, 0.5) is 0 Å². The lowest BCUT2D eigenvalue weighted by atomic mass is 10.2. The minimum Gasteiger partial charge on any atom is -0.241 e. The molecule has 0 N–H and O–H groups in total. The van der Waals surface area contributed by atoms with Crippen molar-refractivity contribution in [2.45, 2.75) is 13.8 Å². The normalized spacial score (nSPS) is 10.7. The lowest BCUT2D eigenvalue weighted by Crippen LogP contribution is -1.89. The second-order valence-electron chi connectivity index (χ2n) is 2.84. The number of aromatic nitrogens is 2. The molecule has 11 heavy (non-hydrogen) atoms. The van der Waals surface area contributed by atoms with Gasteiger partial charge in [0.1, 0.15) is 0 Å². The highest BCUT2D eigenvalue weighted by Gasteiger charge is 1.95. The standard InChI is InChI=1S/C9H10N2/c1-7-5-9-3-4-10-11(9)6-8(7)2/h3-6H,1-2H3. The first-order chi connectivity index (χ1) is 5.27. The number of nitrogens with zero attached hydrogens (tertiary/aromatic N) is 2. The molecule has 2 aromatic heterocycles. The summed E-state index contributed by atoms with van der Waals surface area (Å²) < 4.78 is 1.89. The third-order valence-electron chi connectivity index (χ3n) is 2.00. The van der Waals surface area contributed by atoms with E-state index in [9.17, 15) is 0 Å². The lowest BCUT2D eigenvalue weighted by molar-refractivity contribution is 0.946. The molecule has 0 amide bonds. The molecule has 0 unspecified atom stereocenters. The second kappa shape index (κ2) is 2.09. The van der Waals surface area contributed by atoms with Gasteiger partial charge in [0.25, 0.3) is 0 Å². The fourth-order valence-electron chi connectivity index (χ4n) is 1.17. The Bertz CT molecular complexity index is 351. The number of hydrogen-bond acceptors (Lipinski definition) is 1. The zero-order chi connectivity index (χ0) is 7.84. The smallest absolute Gasteiger partial charge is 0.0664 e. The second-order valence-corrected chi connectivity index (χ2v) is 2.84. The Morgan fingerprint density at radius 1 is 1.27 bits per heavy atom. The third kappa shape index (κ3) is 0.909. The van der Waals surface area contributed by atoms with Gasteiger partial charge in [-0.3, -0.25) is 0 Å². The fraction of sp³-hybridized carbons (Fsp3) is 0.222. The Hall–Kier alpha value is -1.31. The molecule has 0 aromatic carbocycles. The molecule has 2 rings (SSSR count). The summed E-state index contributed by atoms with van der Waals surface area (Å²) in [6, 6.07) is 4.15. The van der Waals surface area contributed by atoms with Crippen LogP contribution in [0.5, 0.6) is 0 Å². The first kappa shape index (κ1) is 6.40. The van der Waals surface area contributed by atoms with Gasteiger partial charge in [-0.25, -0.2) is 4.52 Å². The van der Waals surface area contributed by atoms with Crippen molar-refractivity contribution in [2.75, 3.05) is 0 Å². The summed E-state index contributed by atoms with van der Waals surface area (Å²) in [4.78, 5) is 0. The van der Waals surface area contributed by atoms with Crippen molar-refractivity contribution in [3.63, 3.8) is 0 Å². The minimum atomic E-state index is 1.16. The highest BCUT2D eigenvalue weighted by atomic mass is 15.2. The molecule has 0 spiro atoms. The van der Waals surface area contributed by atoms with Crippen LogP contribution in [0.15, 0.2) is 24.5 Å². The van der Waals surface area contributed by atoms with Crippen molar-refractivity contribution in [1.82, 2.24) is 9.61 Å². The topological polar surface area (TPSA) is 17.3 Å². The summed E-state index contributed by atoms with van der Waals surface area (Å²) in [5, 5.41) is 4.14. The van der Waals surface area contributed by atoms with E-state index in [1.165, 1.54) is 11.1 Å². The molecule has 0 aliphatic heterocycles. The minimum absolute atomic E-state index is 1.16. The lowest BCUT2D eigenvalue weighted by Gasteiger charge is -1.99. The summed E-state index contributed by atoms with van der Waals surface area (Å²) in [7, 11) is 0. The average molecular weight is 146 g/mol. The molecule has 2 heteroatoms. The first-order valence-corrected chi connectivity index (χ1v) is 3.68. The summed E-state index contributed by atoms with van der Waals surface area (Å²) in [6.07, 6.45) is 3.86. The van der Waals surface area contributed by atoms with Crippen LogP contribution in [0.1, 0.15) is 11.1 Å². The molecular weight excluding hydrogens is 136 g/mol. The Morgan fingerprint density at radius 3 is 2.91 bits per heavy atom. The SMILES string of the molecule is Cc1cc2ccnn2cc1C. The maximum atomic E-state index is 4.14. The number of aryl methyl sites for hydroxylation is 2. The van der Waals surface area contributed by atoms with Crippen molar-refractivity contribution in [1.29, 1.82) is 0 Å². The molecule has 0 saturated heterocycles. The van der Waals surface area contributed by atoms with E-state index >= 15 is 0 Å². The van der Waals surface area contributed by atoms with Crippen molar-refractivity contribution in [2.24, 2.45) is 0 Å². The summed E-state index contributed by atoms with van der Waals surface area (Å²) >= 11 is 0. The quantitative estimate of drug-likeness (QED) is 0.555. The molecule has 0 aliphatic carbocycles. The molecule has 0 radical (unpaired) electrons. The van der Waals surface area contributed by atoms with E-state index in [1.54, 1.807) is 0 Å². The molecule has 2 aromatic rings. The van der Waals surface area contributed by atoms with Crippen molar-refractivity contribution in [3.8, 4) is 0 Å². The molecular formula is C9H10N2. The Morgan fingerprint density at radius 2 is 2.09 bits per heavy atom. The van der Waals surface area contributed by atoms with Gasteiger partial charge in [0.2, 0.25) is 0 Å². The van der Waals surface area contributed by atoms with Crippen LogP contribution in [0.25, 0.3) is 5.52 Å². The van der Waals surface area contributed by atoms with Gasteiger partial charge in [0.05, 0.1) is 5.52 Å². The van der Waals surface area contributed by atoms with Gasteiger partial charge in [-0.05, 0) is 37.1 Å². The Labute approximate surface area is 65.5 Å². The van der Waals surface area contributed by atoms with E-state index in [1.807, 2.05) is 23.0 Å². The molecule has 56 valence electrons. The predicted molar refractivity (Wildman–Crippen MR) is 44.7 cm³/mol. The number of rotatable bonds is 0. The van der Waals surface area contributed by atoms with E-state index in [-0.39, 0.29) is 0 Å². The van der Waals surface area contributed by atoms with Crippen LogP contribution in [0.2, 0.25) is 0 Å². The van der Waals surface area contributed by atoms with E-state index < -0.39 is 0 Å². The van der Waals surface area contributed by atoms with E-state index in [0.29, 0.717) is 0 Å². The molecule has 0 bridgehead atoms. The maximum Gasteiger partial charge on any atom is 0.0664 e. The van der Waals surface area contributed by atoms with Crippen molar-refractivity contribution >= 4 is 5.52 Å². The summed E-state index contributed by atoms with van der Waals surface area (Å²) in [5.74, 6) is 0. The zero-order valence-electron chi connectivity index (χ0n) is 6.70. The molecule has 0 saturated carbocycles. The third-order valence-corrected chi connectivity index (χ3v) is 2.00. The van der Waals surface area contributed by atoms with E-state index in [0.717, 1.165) is 5.52 Å². The molecule has 0 atom stereocenters. The highest BCUT2D eigenvalue weighted by Crippen LogP contribution is 2.09. The largest absolute Gasteiger partial charge is 0.241 e. The maximum absolute atomic E-state index is 4.14. The summed E-state index contributed by atoms with van der Waals surface area (Å²) in [6.45, 7) is 4.21. The monoisotopic (exact) mass is 146 g/mol. The molecule has 0 fully saturated rings. The fourth-order valence-corrected chi connectivity index (χ4v) is 1.17. The van der Waals surface area contributed by atoms with Gasteiger partial charge in [0, 0.05) is 12.4 Å². The van der Waals surface area contributed by atoms with E-state index in [4.69, 9.17) is 0 Å². The van der Waals surface area contributed by atoms with Crippen LogP contribution >= 0.6 is 0 Å². The number of hydrogen-bond donors (Lipinski definition) is 0. The van der Waals surface area contributed by atoms with Gasteiger partial charge in [-0.1, -0.05) is 0 Å². The van der Waals surface area contributed by atoms with Crippen LogP contribution < -0.4 is 0 Å². The van der Waals surface area contributed by atoms with Gasteiger partial charge >= 0.3 is 0 Å². The van der Waals surface area contributed by atoms with Gasteiger partial charge in [-0.2, -0.15) is 5.10 Å². The van der Waals surface area contributed by atoms with Crippen molar-refractivity contribution in [3.05, 3.63) is 35.7 Å². The van der Waals surface area contributed by atoms with Crippen molar-refractivity contribution < 1.29 is 0 Å². The molecule has 0 aliphatic rings.